The Morgan fingerprint density at radius 3 is 2.77 bits per heavy atom. The fourth-order valence-corrected chi connectivity index (χ4v) is 2.34. The van der Waals surface area contributed by atoms with Crippen LogP contribution in [0.2, 0.25) is 0 Å². The van der Waals surface area contributed by atoms with E-state index in [1.807, 2.05) is 0 Å². The minimum atomic E-state index is -0.696. The highest BCUT2D eigenvalue weighted by molar-refractivity contribution is 5.96. The molecule has 1 atom stereocenters. The number of nitrogens with zero attached hydrogens (tertiary/aromatic N) is 1. The Morgan fingerprint density at radius 2 is 2.18 bits per heavy atom. The number of ether oxygens (including phenoxy) is 1. The lowest BCUT2D eigenvalue weighted by Crippen LogP contribution is -2.37. The van der Waals surface area contributed by atoms with Gasteiger partial charge in [-0.3, -0.25) is 14.9 Å². The summed E-state index contributed by atoms with van der Waals surface area (Å²) in [5.41, 5.74) is -0.0427. The number of esters is 1. The van der Waals surface area contributed by atoms with Crippen LogP contribution in [-0.4, -0.2) is 37.0 Å². The second-order valence-electron chi connectivity index (χ2n) is 5.05. The summed E-state index contributed by atoms with van der Waals surface area (Å²) in [5, 5.41) is 16.7. The molecule has 1 aromatic rings. The van der Waals surface area contributed by atoms with Crippen molar-refractivity contribution in [1.82, 2.24) is 5.32 Å². The van der Waals surface area contributed by atoms with Crippen molar-refractivity contribution in [3.8, 4) is 0 Å². The molecule has 22 heavy (non-hydrogen) atoms. The number of carbonyl (C=O) groups excluding carboxylic acids is 2. The van der Waals surface area contributed by atoms with Crippen molar-refractivity contribution < 1.29 is 19.2 Å². The SMILES string of the molecule is COC(=O)c1cc(NC(=O)C2CCCNC2)cc([N+](=O)[O-])c1. The van der Waals surface area contributed by atoms with Gasteiger partial charge in [0.05, 0.1) is 23.5 Å². The molecule has 2 rings (SSSR count). The van der Waals surface area contributed by atoms with Crippen molar-refractivity contribution >= 4 is 23.3 Å². The number of nitro benzene ring substituents is 1. The smallest absolute Gasteiger partial charge is 0.338 e. The Balaban J connectivity index is 2.21. The summed E-state index contributed by atoms with van der Waals surface area (Å²) >= 11 is 0. The van der Waals surface area contributed by atoms with Crippen molar-refractivity contribution in [2.75, 3.05) is 25.5 Å². The van der Waals surface area contributed by atoms with E-state index in [1.54, 1.807) is 0 Å². The van der Waals surface area contributed by atoms with Crippen LogP contribution in [0.4, 0.5) is 11.4 Å². The lowest BCUT2D eigenvalue weighted by Gasteiger charge is -2.21. The van der Waals surface area contributed by atoms with Gasteiger partial charge in [-0.25, -0.2) is 4.79 Å². The normalized spacial score (nSPS) is 17.6. The maximum Gasteiger partial charge on any atom is 0.338 e. The van der Waals surface area contributed by atoms with Crippen LogP contribution < -0.4 is 10.6 Å². The molecular weight excluding hydrogens is 290 g/mol. The molecule has 1 unspecified atom stereocenters. The van der Waals surface area contributed by atoms with Gasteiger partial charge in [0.15, 0.2) is 0 Å². The quantitative estimate of drug-likeness (QED) is 0.493. The van der Waals surface area contributed by atoms with Crippen molar-refractivity contribution in [2.45, 2.75) is 12.8 Å². The molecule has 8 heteroatoms. The van der Waals surface area contributed by atoms with Gasteiger partial charge >= 0.3 is 5.97 Å². The third-order valence-corrected chi connectivity index (χ3v) is 3.48. The number of piperidine rings is 1. The minimum absolute atomic E-state index is 0.0220. The first-order valence-electron chi connectivity index (χ1n) is 6.90. The molecule has 8 nitrogen and oxygen atoms in total. The maximum absolute atomic E-state index is 12.2. The van der Waals surface area contributed by atoms with Crippen LogP contribution in [0.5, 0.6) is 0 Å². The standard InChI is InChI=1S/C14H17N3O5/c1-22-14(19)10-5-11(7-12(6-10)17(20)21)16-13(18)9-3-2-4-15-8-9/h5-7,9,15H,2-4,8H2,1H3,(H,16,18). The van der Waals surface area contributed by atoms with Gasteiger partial charge in [-0.2, -0.15) is 0 Å². The zero-order chi connectivity index (χ0) is 16.1. The minimum Gasteiger partial charge on any atom is -0.465 e. The van der Waals surface area contributed by atoms with E-state index in [9.17, 15) is 19.7 Å². The molecule has 2 N–H and O–H groups in total. The van der Waals surface area contributed by atoms with Crippen LogP contribution in [0.25, 0.3) is 0 Å². The van der Waals surface area contributed by atoms with E-state index in [-0.39, 0.29) is 28.8 Å². The molecule has 0 aliphatic carbocycles. The number of benzene rings is 1. The molecule has 1 aromatic carbocycles. The number of anilines is 1. The molecule has 0 bridgehead atoms. The van der Waals surface area contributed by atoms with Gasteiger partial charge in [0.1, 0.15) is 0 Å². The van der Waals surface area contributed by atoms with E-state index in [2.05, 4.69) is 15.4 Å². The van der Waals surface area contributed by atoms with Crippen LogP contribution in [0.3, 0.4) is 0 Å². The van der Waals surface area contributed by atoms with E-state index in [1.165, 1.54) is 19.2 Å². The number of hydrogen-bond donors (Lipinski definition) is 2. The third-order valence-electron chi connectivity index (χ3n) is 3.48. The molecule has 0 radical (unpaired) electrons. The van der Waals surface area contributed by atoms with Crippen LogP contribution in [0, 0.1) is 16.0 Å². The first-order chi connectivity index (χ1) is 10.5. The monoisotopic (exact) mass is 307 g/mol. The van der Waals surface area contributed by atoms with Gasteiger partial charge in [0, 0.05) is 24.4 Å². The van der Waals surface area contributed by atoms with Crippen molar-refractivity contribution in [3.63, 3.8) is 0 Å². The van der Waals surface area contributed by atoms with Crippen molar-refractivity contribution in [2.24, 2.45) is 5.92 Å². The van der Waals surface area contributed by atoms with Crippen LogP contribution in [0.1, 0.15) is 23.2 Å². The van der Waals surface area contributed by atoms with E-state index >= 15 is 0 Å². The Labute approximate surface area is 127 Å². The Kier molecular flexibility index (Phi) is 5.05. The zero-order valence-electron chi connectivity index (χ0n) is 12.1. The number of carbonyl (C=O) groups is 2. The second kappa shape index (κ2) is 6.99. The fourth-order valence-electron chi connectivity index (χ4n) is 2.34. The molecule has 0 spiro atoms. The lowest BCUT2D eigenvalue weighted by molar-refractivity contribution is -0.384. The lowest BCUT2D eigenvalue weighted by atomic mass is 9.98. The highest BCUT2D eigenvalue weighted by Crippen LogP contribution is 2.23. The topological polar surface area (TPSA) is 111 Å². The van der Waals surface area contributed by atoms with Crippen LogP contribution >= 0.6 is 0 Å². The highest BCUT2D eigenvalue weighted by Gasteiger charge is 2.22. The van der Waals surface area contributed by atoms with Crippen molar-refractivity contribution in [1.29, 1.82) is 0 Å². The summed E-state index contributed by atoms with van der Waals surface area (Å²) in [5.74, 6) is -1.10. The third kappa shape index (κ3) is 3.79. The van der Waals surface area contributed by atoms with Gasteiger partial charge in [-0.1, -0.05) is 0 Å². The van der Waals surface area contributed by atoms with Gasteiger partial charge in [0.2, 0.25) is 5.91 Å². The summed E-state index contributed by atoms with van der Waals surface area (Å²) < 4.78 is 4.56. The van der Waals surface area contributed by atoms with Gasteiger partial charge < -0.3 is 15.4 Å². The molecular formula is C14H17N3O5. The highest BCUT2D eigenvalue weighted by atomic mass is 16.6. The van der Waals surface area contributed by atoms with Gasteiger partial charge in [-0.05, 0) is 25.5 Å². The number of amides is 1. The molecule has 0 aromatic heterocycles. The first-order valence-corrected chi connectivity index (χ1v) is 6.90. The predicted molar refractivity (Wildman–Crippen MR) is 78.7 cm³/mol. The summed E-state index contributed by atoms with van der Waals surface area (Å²) in [6.07, 6.45) is 1.66. The summed E-state index contributed by atoms with van der Waals surface area (Å²) in [6, 6.07) is 3.71. The first kappa shape index (κ1) is 15.9. The molecule has 1 saturated heterocycles. The predicted octanol–water partition coefficient (Wildman–Crippen LogP) is 1.32. The van der Waals surface area contributed by atoms with E-state index in [0.29, 0.717) is 6.54 Å². The summed E-state index contributed by atoms with van der Waals surface area (Å²) in [4.78, 5) is 34.0. The van der Waals surface area contributed by atoms with Crippen molar-refractivity contribution in [3.05, 3.63) is 33.9 Å². The Morgan fingerprint density at radius 1 is 1.41 bits per heavy atom. The number of hydrogen-bond acceptors (Lipinski definition) is 6. The molecule has 1 aliphatic heterocycles. The molecule has 118 valence electrons. The molecule has 0 saturated carbocycles. The van der Waals surface area contributed by atoms with Gasteiger partial charge in [-0.15, -0.1) is 0 Å². The molecule has 1 fully saturated rings. The largest absolute Gasteiger partial charge is 0.465 e. The van der Waals surface area contributed by atoms with E-state index < -0.39 is 10.9 Å². The number of rotatable bonds is 4. The fraction of sp³-hybridized carbons (Fsp3) is 0.429. The summed E-state index contributed by atoms with van der Waals surface area (Å²) in [6.45, 7) is 1.46. The second-order valence-corrected chi connectivity index (χ2v) is 5.05. The Hall–Kier alpha value is -2.48. The van der Waals surface area contributed by atoms with Gasteiger partial charge in [0.25, 0.3) is 5.69 Å². The zero-order valence-corrected chi connectivity index (χ0v) is 12.1. The van der Waals surface area contributed by atoms with Crippen LogP contribution in [-0.2, 0) is 9.53 Å². The van der Waals surface area contributed by atoms with E-state index in [0.717, 1.165) is 25.5 Å². The number of methoxy groups -OCH3 is 1. The average molecular weight is 307 g/mol. The summed E-state index contributed by atoms with van der Waals surface area (Å²) in [7, 11) is 1.19. The molecule has 1 amide bonds. The molecule has 1 heterocycles. The number of non-ortho nitro benzene ring substituents is 1. The molecule has 1 aliphatic rings. The number of nitro groups is 1. The Bertz CT molecular complexity index is 596. The van der Waals surface area contributed by atoms with Crippen LogP contribution in [0.15, 0.2) is 18.2 Å². The maximum atomic E-state index is 12.2. The number of nitrogens with one attached hydrogen (secondary N) is 2. The average Bonchev–Trinajstić information content (AvgIpc) is 2.54. The van der Waals surface area contributed by atoms with E-state index in [4.69, 9.17) is 0 Å².